The largest absolute Gasteiger partial charge is 0.308 e. The van der Waals surface area contributed by atoms with Crippen LogP contribution in [0.2, 0.25) is 5.02 Å². The zero-order valence-electron chi connectivity index (χ0n) is 8.83. The van der Waals surface area contributed by atoms with E-state index in [9.17, 15) is 0 Å². The minimum atomic E-state index is 0.132. The van der Waals surface area contributed by atoms with Crippen LogP contribution >= 0.6 is 11.6 Å². The number of hydrogen-bond donors (Lipinski definition) is 1. The molecule has 0 aliphatic heterocycles. The van der Waals surface area contributed by atoms with E-state index in [0.717, 1.165) is 18.7 Å². The number of terminal acetylenes is 1. The van der Waals surface area contributed by atoms with Crippen LogP contribution in [0, 0.1) is 12.3 Å². The van der Waals surface area contributed by atoms with Crippen LogP contribution in [0.25, 0.3) is 0 Å². The summed E-state index contributed by atoms with van der Waals surface area (Å²) in [6.07, 6.45) is 8.70. The summed E-state index contributed by atoms with van der Waals surface area (Å²) in [6, 6.07) is 3.88. The molecule has 0 bridgehead atoms. The number of halogens is 1. The molecule has 3 heteroatoms. The van der Waals surface area contributed by atoms with E-state index < -0.39 is 0 Å². The molecule has 0 saturated carbocycles. The molecule has 1 rings (SSSR count). The Hall–Kier alpha value is -1.04. The van der Waals surface area contributed by atoms with Crippen LogP contribution in [0.1, 0.15) is 31.5 Å². The lowest BCUT2D eigenvalue weighted by molar-refractivity contribution is 0.531. The topological polar surface area (TPSA) is 24.9 Å². The van der Waals surface area contributed by atoms with Crippen LogP contribution in [0.5, 0.6) is 0 Å². The zero-order valence-corrected chi connectivity index (χ0v) is 9.59. The molecule has 1 heterocycles. The first-order valence-electron chi connectivity index (χ1n) is 5.06. The average molecular weight is 223 g/mol. The highest BCUT2D eigenvalue weighted by Crippen LogP contribution is 2.15. The quantitative estimate of drug-likeness (QED) is 0.775. The Bertz CT molecular complexity index is 326. The van der Waals surface area contributed by atoms with Crippen molar-refractivity contribution >= 4 is 11.6 Å². The maximum atomic E-state index is 5.77. The summed E-state index contributed by atoms with van der Waals surface area (Å²) < 4.78 is 0. The molecule has 0 aliphatic carbocycles. The Morgan fingerprint density at radius 2 is 2.40 bits per heavy atom. The number of aromatic nitrogens is 1. The average Bonchev–Trinajstić information content (AvgIpc) is 2.25. The zero-order chi connectivity index (χ0) is 11.1. The van der Waals surface area contributed by atoms with Gasteiger partial charge in [-0.15, -0.1) is 12.3 Å². The van der Waals surface area contributed by atoms with Crippen molar-refractivity contribution in [3.63, 3.8) is 0 Å². The number of hydrogen-bond acceptors (Lipinski definition) is 2. The molecular formula is C12H15ClN2. The van der Waals surface area contributed by atoms with Crippen molar-refractivity contribution in [2.24, 2.45) is 0 Å². The van der Waals surface area contributed by atoms with Gasteiger partial charge in [-0.25, -0.2) is 0 Å². The molecule has 1 N–H and O–H groups in total. The summed E-state index contributed by atoms with van der Waals surface area (Å²) >= 11 is 5.77. The van der Waals surface area contributed by atoms with Crippen LogP contribution in [0.3, 0.4) is 0 Å². The highest BCUT2D eigenvalue weighted by Gasteiger charge is 2.09. The monoisotopic (exact) mass is 222 g/mol. The Labute approximate surface area is 96.1 Å². The van der Waals surface area contributed by atoms with E-state index in [4.69, 9.17) is 18.0 Å². The Balaban J connectivity index is 2.70. The number of rotatable bonds is 5. The molecule has 1 unspecified atom stereocenters. The van der Waals surface area contributed by atoms with Gasteiger partial charge in [-0.3, -0.25) is 4.98 Å². The Morgan fingerprint density at radius 3 is 2.93 bits per heavy atom. The molecule has 0 aromatic carbocycles. The number of pyridine rings is 1. The number of nitrogens with one attached hydrogen (secondary N) is 1. The first kappa shape index (κ1) is 12.0. The third-order valence-corrected chi connectivity index (χ3v) is 2.29. The van der Waals surface area contributed by atoms with Gasteiger partial charge < -0.3 is 5.32 Å². The van der Waals surface area contributed by atoms with Crippen LogP contribution in [-0.2, 0) is 0 Å². The van der Waals surface area contributed by atoms with E-state index in [2.05, 4.69) is 23.1 Å². The first-order chi connectivity index (χ1) is 7.27. The summed E-state index contributed by atoms with van der Waals surface area (Å²) in [6.45, 7) is 3.06. The van der Waals surface area contributed by atoms with E-state index in [1.54, 1.807) is 6.20 Å². The van der Waals surface area contributed by atoms with Crippen LogP contribution in [0.4, 0.5) is 0 Å². The summed E-state index contributed by atoms with van der Waals surface area (Å²) in [5.41, 5.74) is 0.950. The van der Waals surface area contributed by atoms with Crippen molar-refractivity contribution in [3.05, 3.63) is 29.0 Å². The predicted molar refractivity (Wildman–Crippen MR) is 63.7 cm³/mol. The van der Waals surface area contributed by atoms with Crippen molar-refractivity contribution in [2.45, 2.75) is 25.8 Å². The molecule has 2 nitrogen and oxygen atoms in total. The smallest absolute Gasteiger partial charge is 0.0605 e. The Kier molecular flexibility index (Phi) is 5.17. The second-order valence-corrected chi connectivity index (χ2v) is 3.75. The van der Waals surface area contributed by atoms with Gasteiger partial charge in [0.2, 0.25) is 0 Å². The van der Waals surface area contributed by atoms with Crippen LogP contribution in [0.15, 0.2) is 18.3 Å². The molecule has 1 atom stereocenters. The van der Waals surface area contributed by atoms with Crippen LogP contribution < -0.4 is 5.32 Å². The second-order valence-electron chi connectivity index (χ2n) is 3.32. The number of nitrogens with zero attached hydrogens (tertiary/aromatic N) is 1. The van der Waals surface area contributed by atoms with Crippen molar-refractivity contribution in [1.29, 1.82) is 0 Å². The third-order valence-electron chi connectivity index (χ3n) is 2.07. The van der Waals surface area contributed by atoms with Gasteiger partial charge in [0, 0.05) is 12.6 Å². The van der Waals surface area contributed by atoms with Gasteiger partial charge >= 0.3 is 0 Å². The van der Waals surface area contributed by atoms with Crippen molar-refractivity contribution in [2.75, 3.05) is 6.54 Å². The molecule has 1 aromatic heterocycles. The molecule has 1 aromatic rings. The summed E-state index contributed by atoms with van der Waals surface area (Å²) in [4.78, 5) is 4.26. The van der Waals surface area contributed by atoms with Crippen molar-refractivity contribution in [3.8, 4) is 12.3 Å². The molecule has 15 heavy (non-hydrogen) atoms. The molecular weight excluding hydrogens is 208 g/mol. The summed E-state index contributed by atoms with van der Waals surface area (Å²) in [5.74, 6) is 2.65. The lowest BCUT2D eigenvalue weighted by atomic mass is 10.1. The molecule has 0 saturated heterocycles. The van der Waals surface area contributed by atoms with Gasteiger partial charge in [-0.05, 0) is 25.1 Å². The van der Waals surface area contributed by atoms with E-state index in [-0.39, 0.29) is 6.04 Å². The van der Waals surface area contributed by atoms with Gasteiger partial charge in [0.1, 0.15) is 0 Å². The fraction of sp³-hybridized carbons (Fsp3) is 0.417. The fourth-order valence-corrected chi connectivity index (χ4v) is 1.42. The van der Waals surface area contributed by atoms with Crippen LogP contribution in [-0.4, -0.2) is 11.5 Å². The maximum absolute atomic E-state index is 5.77. The van der Waals surface area contributed by atoms with E-state index in [1.165, 1.54) is 0 Å². The molecule has 0 radical (unpaired) electrons. The second kappa shape index (κ2) is 6.44. The summed E-state index contributed by atoms with van der Waals surface area (Å²) in [7, 11) is 0. The molecule has 80 valence electrons. The SMILES string of the molecule is C#CCC(NCCC)c1ccc(Cl)cn1. The Morgan fingerprint density at radius 1 is 1.60 bits per heavy atom. The van der Waals surface area contributed by atoms with Crippen molar-refractivity contribution < 1.29 is 0 Å². The standard InChI is InChI=1S/C12H15ClN2/c1-3-5-11(14-8-4-2)12-7-6-10(13)9-15-12/h1,6-7,9,11,14H,4-5,8H2,2H3. The van der Waals surface area contributed by atoms with E-state index in [0.29, 0.717) is 11.4 Å². The van der Waals surface area contributed by atoms with E-state index >= 15 is 0 Å². The normalized spacial score (nSPS) is 12.1. The van der Waals surface area contributed by atoms with E-state index in [1.807, 2.05) is 12.1 Å². The molecule has 0 fully saturated rings. The highest BCUT2D eigenvalue weighted by atomic mass is 35.5. The lowest BCUT2D eigenvalue weighted by Crippen LogP contribution is -2.22. The van der Waals surface area contributed by atoms with Gasteiger partial charge in [0.25, 0.3) is 0 Å². The maximum Gasteiger partial charge on any atom is 0.0605 e. The van der Waals surface area contributed by atoms with Gasteiger partial charge in [-0.2, -0.15) is 0 Å². The highest BCUT2D eigenvalue weighted by molar-refractivity contribution is 6.30. The first-order valence-corrected chi connectivity index (χ1v) is 5.44. The van der Waals surface area contributed by atoms with Gasteiger partial charge in [0.15, 0.2) is 0 Å². The predicted octanol–water partition coefficient (Wildman–Crippen LogP) is 2.80. The molecule has 0 spiro atoms. The van der Waals surface area contributed by atoms with Crippen molar-refractivity contribution in [1.82, 2.24) is 10.3 Å². The lowest BCUT2D eigenvalue weighted by Gasteiger charge is -2.15. The van der Waals surface area contributed by atoms with Gasteiger partial charge in [0.05, 0.1) is 16.8 Å². The fourth-order valence-electron chi connectivity index (χ4n) is 1.31. The molecule has 0 amide bonds. The molecule has 0 aliphatic rings. The third kappa shape index (κ3) is 3.91. The van der Waals surface area contributed by atoms with Gasteiger partial charge in [-0.1, -0.05) is 18.5 Å². The minimum Gasteiger partial charge on any atom is -0.308 e. The minimum absolute atomic E-state index is 0.132. The summed E-state index contributed by atoms with van der Waals surface area (Å²) in [5, 5.41) is 4.00.